The van der Waals surface area contributed by atoms with E-state index in [2.05, 4.69) is 21.2 Å². The molecule has 1 N–H and O–H groups in total. The summed E-state index contributed by atoms with van der Waals surface area (Å²) in [6.45, 7) is 2.81. The molecule has 0 unspecified atom stereocenters. The van der Waals surface area contributed by atoms with Gasteiger partial charge in [0.25, 0.3) is 0 Å². The third-order valence-corrected chi connectivity index (χ3v) is 3.74. The molecule has 0 saturated heterocycles. The lowest BCUT2D eigenvalue weighted by Gasteiger charge is -2.17. The van der Waals surface area contributed by atoms with Crippen LogP contribution >= 0.6 is 15.9 Å². The molecule has 0 aliphatic carbocycles. The minimum Gasteiger partial charge on any atom is -0.325 e. The topological polar surface area (TPSA) is 32.3 Å². The maximum absolute atomic E-state index is 12.9. The lowest BCUT2D eigenvalue weighted by Crippen LogP contribution is -2.30. The zero-order chi connectivity index (χ0) is 16.1. The van der Waals surface area contributed by atoms with Crippen LogP contribution in [0.5, 0.6) is 0 Å². The zero-order valence-electron chi connectivity index (χ0n) is 12.6. The first kappa shape index (κ1) is 16.6. The maximum atomic E-state index is 12.9. The molecule has 2 aromatic carbocycles. The van der Waals surface area contributed by atoms with Crippen molar-refractivity contribution in [3.05, 3.63) is 63.9 Å². The fourth-order valence-corrected chi connectivity index (χ4v) is 2.64. The molecule has 2 aromatic rings. The van der Waals surface area contributed by atoms with Crippen LogP contribution < -0.4 is 5.32 Å². The highest BCUT2D eigenvalue weighted by Gasteiger charge is 2.09. The average molecular weight is 365 g/mol. The Hall–Kier alpha value is -1.72. The standard InChI is InChI=1S/C17H18BrFN2O/c1-12-9-14(18)5-8-16(12)20-17(22)11-21(2)10-13-3-6-15(19)7-4-13/h3-9H,10-11H2,1-2H3,(H,20,22). The molecular formula is C17H18BrFN2O. The molecule has 0 fully saturated rings. The summed E-state index contributed by atoms with van der Waals surface area (Å²) < 4.78 is 13.8. The molecule has 0 aromatic heterocycles. The van der Waals surface area contributed by atoms with Crippen LogP contribution in [0.25, 0.3) is 0 Å². The Balaban J connectivity index is 1.89. The minimum atomic E-state index is -0.255. The van der Waals surface area contributed by atoms with Crippen LogP contribution in [0.1, 0.15) is 11.1 Å². The molecule has 2 rings (SSSR count). The van der Waals surface area contributed by atoms with Gasteiger partial charge in [0.15, 0.2) is 0 Å². The zero-order valence-corrected chi connectivity index (χ0v) is 14.2. The molecule has 0 atom stereocenters. The number of carbonyl (C=O) groups is 1. The maximum Gasteiger partial charge on any atom is 0.238 e. The lowest BCUT2D eigenvalue weighted by molar-refractivity contribution is -0.117. The van der Waals surface area contributed by atoms with Gasteiger partial charge in [0.2, 0.25) is 5.91 Å². The van der Waals surface area contributed by atoms with Crippen molar-refractivity contribution >= 4 is 27.5 Å². The van der Waals surface area contributed by atoms with Crippen LogP contribution in [-0.4, -0.2) is 24.4 Å². The first-order chi connectivity index (χ1) is 10.4. The summed E-state index contributed by atoms with van der Waals surface area (Å²) in [4.78, 5) is 14.0. The van der Waals surface area contributed by atoms with E-state index in [9.17, 15) is 9.18 Å². The van der Waals surface area contributed by atoms with E-state index < -0.39 is 0 Å². The molecule has 116 valence electrons. The van der Waals surface area contributed by atoms with Gasteiger partial charge in [0.05, 0.1) is 6.54 Å². The summed E-state index contributed by atoms with van der Waals surface area (Å²) in [5.41, 5.74) is 2.78. The van der Waals surface area contributed by atoms with E-state index in [1.165, 1.54) is 12.1 Å². The quantitative estimate of drug-likeness (QED) is 0.870. The number of halogens is 2. The van der Waals surface area contributed by atoms with E-state index in [1.807, 2.05) is 37.1 Å². The SMILES string of the molecule is Cc1cc(Br)ccc1NC(=O)CN(C)Cc1ccc(F)cc1. The van der Waals surface area contributed by atoms with Crippen molar-refractivity contribution in [2.24, 2.45) is 0 Å². The van der Waals surface area contributed by atoms with Gasteiger partial charge >= 0.3 is 0 Å². The first-order valence-corrected chi connectivity index (χ1v) is 7.72. The summed E-state index contributed by atoms with van der Waals surface area (Å²) in [6.07, 6.45) is 0. The third-order valence-electron chi connectivity index (χ3n) is 3.24. The molecule has 0 radical (unpaired) electrons. The number of benzene rings is 2. The van der Waals surface area contributed by atoms with E-state index in [0.717, 1.165) is 21.3 Å². The van der Waals surface area contributed by atoms with Gasteiger partial charge in [-0.2, -0.15) is 0 Å². The summed E-state index contributed by atoms with van der Waals surface area (Å²) in [5.74, 6) is -0.329. The fraction of sp³-hybridized carbons (Fsp3) is 0.235. The summed E-state index contributed by atoms with van der Waals surface area (Å²) in [7, 11) is 1.86. The summed E-state index contributed by atoms with van der Waals surface area (Å²) in [6, 6.07) is 12.0. The number of nitrogens with zero attached hydrogens (tertiary/aromatic N) is 1. The number of anilines is 1. The van der Waals surface area contributed by atoms with Crippen molar-refractivity contribution in [3.8, 4) is 0 Å². The largest absolute Gasteiger partial charge is 0.325 e. The molecule has 22 heavy (non-hydrogen) atoms. The van der Waals surface area contributed by atoms with Crippen molar-refractivity contribution in [2.75, 3.05) is 18.9 Å². The predicted octanol–water partition coefficient (Wildman–Crippen LogP) is 3.97. The van der Waals surface area contributed by atoms with E-state index in [4.69, 9.17) is 0 Å². The highest BCUT2D eigenvalue weighted by atomic mass is 79.9. The first-order valence-electron chi connectivity index (χ1n) is 6.93. The van der Waals surface area contributed by atoms with Gasteiger partial charge < -0.3 is 5.32 Å². The summed E-state index contributed by atoms with van der Waals surface area (Å²) in [5, 5.41) is 2.90. The summed E-state index contributed by atoms with van der Waals surface area (Å²) >= 11 is 3.40. The van der Waals surface area contributed by atoms with Crippen LogP contribution in [0, 0.1) is 12.7 Å². The van der Waals surface area contributed by atoms with Crippen molar-refractivity contribution < 1.29 is 9.18 Å². The second-order valence-electron chi connectivity index (χ2n) is 5.31. The molecule has 0 bridgehead atoms. The number of aryl methyl sites for hydroxylation is 1. The Labute approximate surface area is 138 Å². The highest BCUT2D eigenvalue weighted by Crippen LogP contribution is 2.20. The van der Waals surface area contributed by atoms with Crippen LogP contribution in [-0.2, 0) is 11.3 Å². The Bertz CT molecular complexity index is 658. The molecule has 0 aliphatic heterocycles. The number of carbonyl (C=O) groups excluding carboxylic acids is 1. The third kappa shape index (κ3) is 4.93. The van der Waals surface area contributed by atoms with Crippen LogP contribution in [0.4, 0.5) is 10.1 Å². The van der Waals surface area contributed by atoms with Crippen molar-refractivity contribution in [2.45, 2.75) is 13.5 Å². The van der Waals surface area contributed by atoms with Crippen LogP contribution in [0.2, 0.25) is 0 Å². The van der Waals surface area contributed by atoms with Crippen molar-refractivity contribution in [1.29, 1.82) is 0 Å². The molecule has 0 spiro atoms. The second kappa shape index (κ2) is 7.51. The Morgan fingerprint density at radius 3 is 2.55 bits per heavy atom. The number of amides is 1. The number of rotatable bonds is 5. The second-order valence-corrected chi connectivity index (χ2v) is 6.22. The highest BCUT2D eigenvalue weighted by molar-refractivity contribution is 9.10. The van der Waals surface area contributed by atoms with Gasteiger partial charge in [-0.3, -0.25) is 9.69 Å². The number of hydrogen-bond acceptors (Lipinski definition) is 2. The van der Waals surface area contributed by atoms with Gasteiger partial charge in [-0.05, 0) is 55.4 Å². The Morgan fingerprint density at radius 1 is 1.23 bits per heavy atom. The molecule has 5 heteroatoms. The normalized spacial score (nSPS) is 10.8. The van der Waals surface area contributed by atoms with E-state index >= 15 is 0 Å². The van der Waals surface area contributed by atoms with Crippen LogP contribution in [0.3, 0.4) is 0 Å². The van der Waals surface area contributed by atoms with Crippen molar-refractivity contribution in [1.82, 2.24) is 4.90 Å². The number of nitrogens with one attached hydrogen (secondary N) is 1. The molecule has 0 heterocycles. The van der Waals surface area contributed by atoms with E-state index in [-0.39, 0.29) is 18.3 Å². The van der Waals surface area contributed by atoms with Gasteiger partial charge in [-0.15, -0.1) is 0 Å². The fourth-order valence-electron chi connectivity index (χ4n) is 2.16. The van der Waals surface area contributed by atoms with E-state index in [0.29, 0.717) is 6.54 Å². The lowest BCUT2D eigenvalue weighted by atomic mass is 10.2. The van der Waals surface area contributed by atoms with Crippen molar-refractivity contribution in [3.63, 3.8) is 0 Å². The van der Waals surface area contributed by atoms with Gasteiger partial charge in [-0.1, -0.05) is 28.1 Å². The Kier molecular flexibility index (Phi) is 5.69. The van der Waals surface area contributed by atoms with Gasteiger partial charge in [0, 0.05) is 16.7 Å². The molecule has 3 nitrogen and oxygen atoms in total. The average Bonchev–Trinajstić information content (AvgIpc) is 2.44. The predicted molar refractivity (Wildman–Crippen MR) is 90.2 cm³/mol. The van der Waals surface area contributed by atoms with Gasteiger partial charge in [0.1, 0.15) is 5.82 Å². The van der Waals surface area contributed by atoms with Crippen LogP contribution in [0.15, 0.2) is 46.9 Å². The monoisotopic (exact) mass is 364 g/mol. The van der Waals surface area contributed by atoms with E-state index in [1.54, 1.807) is 12.1 Å². The molecule has 0 aliphatic rings. The molecule has 1 amide bonds. The Morgan fingerprint density at radius 2 is 1.91 bits per heavy atom. The minimum absolute atomic E-state index is 0.0740. The molecular weight excluding hydrogens is 347 g/mol. The number of likely N-dealkylation sites (N-methyl/N-ethyl adjacent to an activating group) is 1. The molecule has 0 saturated carbocycles. The van der Waals surface area contributed by atoms with Gasteiger partial charge in [-0.25, -0.2) is 4.39 Å². The smallest absolute Gasteiger partial charge is 0.238 e. The number of hydrogen-bond donors (Lipinski definition) is 1.